The Morgan fingerprint density at radius 1 is 1.22 bits per heavy atom. The fourth-order valence-electron chi connectivity index (χ4n) is 2.12. The number of hydrogen-bond acceptors (Lipinski definition) is 3. The zero-order chi connectivity index (χ0) is 17.3. The van der Waals surface area contributed by atoms with Gasteiger partial charge in [0.15, 0.2) is 0 Å². The Labute approximate surface area is 137 Å². The number of hydrogen-bond donors (Lipinski definition) is 2. The summed E-state index contributed by atoms with van der Waals surface area (Å²) in [4.78, 5) is 11.7. The number of benzene rings is 1. The molecular weight excluding hydrogens is 319 g/mol. The highest BCUT2D eigenvalue weighted by Gasteiger charge is 2.14. The largest absolute Gasteiger partial charge is 0.354 e. The number of halogens is 1. The molecule has 0 saturated heterocycles. The van der Waals surface area contributed by atoms with E-state index in [4.69, 9.17) is 0 Å². The van der Waals surface area contributed by atoms with Gasteiger partial charge in [-0.25, -0.2) is 17.5 Å². The molecule has 2 N–H and O–H groups in total. The number of sulfonamides is 1. The molecule has 1 unspecified atom stereocenters. The molecule has 0 aromatic heterocycles. The van der Waals surface area contributed by atoms with E-state index in [9.17, 15) is 17.6 Å². The molecule has 0 aliphatic carbocycles. The summed E-state index contributed by atoms with van der Waals surface area (Å²) < 4.78 is 39.0. The maximum atomic E-state index is 12.8. The lowest BCUT2D eigenvalue weighted by Gasteiger charge is -2.13. The molecule has 1 amide bonds. The van der Waals surface area contributed by atoms with Crippen molar-refractivity contribution in [1.82, 2.24) is 10.0 Å². The molecule has 0 bridgehead atoms. The molecule has 7 heteroatoms. The Kier molecular flexibility index (Phi) is 8.19. The third-order valence-electron chi connectivity index (χ3n) is 3.42. The summed E-state index contributed by atoms with van der Waals surface area (Å²) in [6, 6.07) is 4.63. The van der Waals surface area contributed by atoms with E-state index < -0.39 is 15.8 Å². The van der Waals surface area contributed by atoms with Gasteiger partial charge in [0.2, 0.25) is 15.9 Å². The fourth-order valence-corrected chi connectivity index (χ4v) is 3.15. The standard InChI is InChI=1S/C16H25FN2O3S/c1-3-4-5-6-13(2)19-16(20)11-12-18-23(21,22)15-9-7-14(17)8-10-15/h7-10,13,18H,3-6,11-12H2,1-2H3,(H,19,20). The number of carbonyl (C=O) groups is 1. The van der Waals surface area contributed by atoms with Crippen LogP contribution in [0.1, 0.15) is 46.0 Å². The van der Waals surface area contributed by atoms with E-state index in [1.54, 1.807) is 0 Å². The molecule has 1 aromatic carbocycles. The van der Waals surface area contributed by atoms with E-state index in [2.05, 4.69) is 17.0 Å². The van der Waals surface area contributed by atoms with Gasteiger partial charge in [0.1, 0.15) is 5.82 Å². The van der Waals surface area contributed by atoms with Gasteiger partial charge in [0.25, 0.3) is 0 Å². The minimum atomic E-state index is -3.72. The van der Waals surface area contributed by atoms with Crippen molar-refractivity contribution in [2.24, 2.45) is 0 Å². The van der Waals surface area contributed by atoms with Crippen molar-refractivity contribution in [2.75, 3.05) is 6.54 Å². The smallest absolute Gasteiger partial charge is 0.240 e. The maximum Gasteiger partial charge on any atom is 0.240 e. The average Bonchev–Trinajstić information content (AvgIpc) is 2.47. The first-order valence-electron chi connectivity index (χ1n) is 7.89. The Balaban J connectivity index is 2.35. The summed E-state index contributed by atoms with van der Waals surface area (Å²) in [6.07, 6.45) is 4.32. The number of carbonyl (C=O) groups excluding carboxylic acids is 1. The molecule has 0 aliphatic rings. The first-order valence-corrected chi connectivity index (χ1v) is 9.38. The Hall–Kier alpha value is -1.47. The number of rotatable bonds is 10. The zero-order valence-electron chi connectivity index (χ0n) is 13.6. The molecule has 1 rings (SSSR count). The van der Waals surface area contributed by atoms with Crippen molar-refractivity contribution >= 4 is 15.9 Å². The molecule has 0 spiro atoms. The van der Waals surface area contributed by atoms with Gasteiger partial charge in [-0.05, 0) is 37.6 Å². The quantitative estimate of drug-likeness (QED) is 0.641. The van der Waals surface area contributed by atoms with Crippen LogP contribution >= 0.6 is 0 Å². The molecule has 0 saturated carbocycles. The minimum Gasteiger partial charge on any atom is -0.354 e. The van der Waals surface area contributed by atoms with Gasteiger partial charge >= 0.3 is 0 Å². The monoisotopic (exact) mass is 344 g/mol. The minimum absolute atomic E-state index is 0.00717. The Morgan fingerprint density at radius 2 is 1.87 bits per heavy atom. The van der Waals surface area contributed by atoms with Crippen LogP contribution in [0.25, 0.3) is 0 Å². The predicted molar refractivity (Wildman–Crippen MR) is 88.0 cm³/mol. The zero-order valence-corrected chi connectivity index (χ0v) is 14.5. The fraction of sp³-hybridized carbons (Fsp3) is 0.562. The highest BCUT2D eigenvalue weighted by Crippen LogP contribution is 2.09. The van der Waals surface area contributed by atoms with Crippen LogP contribution in [0.15, 0.2) is 29.2 Å². The van der Waals surface area contributed by atoms with Crippen LogP contribution in [0, 0.1) is 5.82 Å². The first kappa shape index (κ1) is 19.6. The van der Waals surface area contributed by atoms with Crippen LogP contribution in [0.5, 0.6) is 0 Å². The van der Waals surface area contributed by atoms with Crippen LogP contribution in [0.4, 0.5) is 4.39 Å². The average molecular weight is 344 g/mol. The topological polar surface area (TPSA) is 75.3 Å². The number of amides is 1. The van der Waals surface area contributed by atoms with E-state index >= 15 is 0 Å². The molecule has 5 nitrogen and oxygen atoms in total. The maximum absolute atomic E-state index is 12.8. The SMILES string of the molecule is CCCCCC(C)NC(=O)CCNS(=O)(=O)c1ccc(F)cc1. The Morgan fingerprint density at radius 3 is 2.48 bits per heavy atom. The second-order valence-electron chi connectivity index (χ2n) is 5.57. The Bertz CT molecular complexity index is 588. The lowest BCUT2D eigenvalue weighted by Crippen LogP contribution is -2.35. The number of nitrogens with one attached hydrogen (secondary N) is 2. The van der Waals surface area contributed by atoms with E-state index in [0.29, 0.717) is 0 Å². The highest BCUT2D eigenvalue weighted by molar-refractivity contribution is 7.89. The van der Waals surface area contributed by atoms with E-state index in [0.717, 1.165) is 37.8 Å². The second-order valence-corrected chi connectivity index (χ2v) is 7.33. The van der Waals surface area contributed by atoms with Gasteiger partial charge in [-0.1, -0.05) is 26.2 Å². The molecule has 130 valence electrons. The summed E-state index contributed by atoms with van der Waals surface area (Å²) in [5.74, 6) is -0.684. The van der Waals surface area contributed by atoms with E-state index in [-0.39, 0.29) is 29.8 Å². The normalized spacial score (nSPS) is 12.8. The number of unbranched alkanes of at least 4 members (excludes halogenated alkanes) is 2. The van der Waals surface area contributed by atoms with Crippen molar-refractivity contribution in [3.05, 3.63) is 30.1 Å². The van der Waals surface area contributed by atoms with Crippen LogP contribution in [-0.4, -0.2) is 26.9 Å². The molecule has 0 heterocycles. The van der Waals surface area contributed by atoms with Crippen LogP contribution < -0.4 is 10.0 Å². The first-order chi connectivity index (χ1) is 10.8. The summed E-state index contributed by atoms with van der Waals surface area (Å²) in [6.45, 7) is 4.07. The summed E-state index contributed by atoms with van der Waals surface area (Å²) in [5.41, 5.74) is 0. The summed E-state index contributed by atoms with van der Waals surface area (Å²) in [5, 5.41) is 2.85. The van der Waals surface area contributed by atoms with Crippen molar-refractivity contribution in [1.29, 1.82) is 0 Å². The van der Waals surface area contributed by atoms with Crippen LogP contribution in [0.2, 0.25) is 0 Å². The van der Waals surface area contributed by atoms with Crippen LogP contribution in [0.3, 0.4) is 0 Å². The third-order valence-corrected chi connectivity index (χ3v) is 4.89. The molecule has 0 fully saturated rings. The molecular formula is C16H25FN2O3S. The van der Waals surface area contributed by atoms with E-state index in [1.165, 1.54) is 12.1 Å². The molecule has 1 atom stereocenters. The lowest BCUT2D eigenvalue weighted by atomic mass is 10.1. The van der Waals surface area contributed by atoms with Crippen LogP contribution in [-0.2, 0) is 14.8 Å². The van der Waals surface area contributed by atoms with Crippen molar-refractivity contribution < 1.29 is 17.6 Å². The van der Waals surface area contributed by atoms with Gasteiger partial charge in [-0.3, -0.25) is 4.79 Å². The third kappa shape index (κ3) is 7.56. The summed E-state index contributed by atoms with van der Waals surface area (Å²) >= 11 is 0. The molecule has 0 radical (unpaired) electrons. The predicted octanol–water partition coefficient (Wildman–Crippen LogP) is 2.58. The van der Waals surface area contributed by atoms with E-state index in [1.807, 2.05) is 6.92 Å². The van der Waals surface area contributed by atoms with Crippen molar-refractivity contribution in [3.63, 3.8) is 0 Å². The second kappa shape index (κ2) is 9.62. The van der Waals surface area contributed by atoms with Crippen molar-refractivity contribution in [2.45, 2.75) is 56.9 Å². The van der Waals surface area contributed by atoms with Gasteiger partial charge < -0.3 is 5.32 Å². The highest BCUT2D eigenvalue weighted by atomic mass is 32.2. The van der Waals surface area contributed by atoms with Gasteiger partial charge in [-0.2, -0.15) is 0 Å². The molecule has 23 heavy (non-hydrogen) atoms. The van der Waals surface area contributed by atoms with Crippen molar-refractivity contribution in [3.8, 4) is 0 Å². The van der Waals surface area contributed by atoms with Gasteiger partial charge in [-0.15, -0.1) is 0 Å². The summed E-state index contributed by atoms with van der Waals surface area (Å²) in [7, 11) is -3.72. The molecule has 1 aromatic rings. The lowest BCUT2D eigenvalue weighted by molar-refractivity contribution is -0.121. The van der Waals surface area contributed by atoms with Gasteiger partial charge in [0, 0.05) is 19.0 Å². The molecule has 0 aliphatic heterocycles. The van der Waals surface area contributed by atoms with Gasteiger partial charge in [0.05, 0.1) is 4.90 Å².